The molecule has 0 saturated carbocycles. The van der Waals surface area contributed by atoms with Crippen LogP contribution in [0.25, 0.3) is 0 Å². The van der Waals surface area contributed by atoms with Crippen molar-refractivity contribution in [1.82, 2.24) is 5.32 Å². The van der Waals surface area contributed by atoms with Crippen LogP contribution in [-0.2, 0) is 18.6 Å². The van der Waals surface area contributed by atoms with Crippen LogP contribution in [0.5, 0.6) is 0 Å². The van der Waals surface area contributed by atoms with E-state index in [9.17, 15) is 9.36 Å². The highest BCUT2D eigenvalue weighted by Crippen LogP contribution is 2.35. The SMILES string of the molecule is CCC(C)(CNCCOP(=O)(O)O)C(=O)OC. The van der Waals surface area contributed by atoms with Gasteiger partial charge in [0.2, 0.25) is 0 Å². The predicted octanol–water partition coefficient (Wildman–Crippen LogP) is 0.275. The van der Waals surface area contributed by atoms with E-state index >= 15 is 0 Å². The summed E-state index contributed by atoms with van der Waals surface area (Å²) < 4.78 is 19.3. The van der Waals surface area contributed by atoms with E-state index < -0.39 is 13.2 Å². The second-order valence-electron chi connectivity index (χ2n) is 3.91. The van der Waals surface area contributed by atoms with Crippen LogP contribution in [0.15, 0.2) is 0 Å². The molecule has 0 bridgehead atoms. The fraction of sp³-hybridized carbons (Fsp3) is 0.889. The zero-order valence-corrected chi connectivity index (χ0v) is 11.2. The number of rotatable bonds is 8. The highest BCUT2D eigenvalue weighted by molar-refractivity contribution is 7.46. The zero-order chi connectivity index (χ0) is 13.5. The molecular formula is C9H20NO6P. The van der Waals surface area contributed by atoms with Crippen molar-refractivity contribution in [2.45, 2.75) is 20.3 Å². The van der Waals surface area contributed by atoms with Gasteiger partial charge >= 0.3 is 13.8 Å². The molecule has 0 amide bonds. The first-order valence-corrected chi connectivity index (χ1v) is 6.77. The molecule has 0 heterocycles. The summed E-state index contributed by atoms with van der Waals surface area (Å²) in [5.74, 6) is -0.316. The second kappa shape index (κ2) is 7.08. The van der Waals surface area contributed by atoms with Gasteiger partial charge in [0.15, 0.2) is 0 Å². The Morgan fingerprint density at radius 2 is 2.06 bits per heavy atom. The minimum absolute atomic E-state index is 0.120. The fourth-order valence-electron chi connectivity index (χ4n) is 1.19. The Hall–Kier alpha value is -0.460. The number of carbonyl (C=O) groups excluding carboxylic acids is 1. The number of nitrogens with one attached hydrogen (secondary N) is 1. The molecular weight excluding hydrogens is 249 g/mol. The lowest BCUT2D eigenvalue weighted by Gasteiger charge is -2.25. The summed E-state index contributed by atoms with van der Waals surface area (Å²) in [4.78, 5) is 28.3. The Kier molecular flexibility index (Phi) is 6.89. The van der Waals surface area contributed by atoms with E-state index in [1.165, 1.54) is 7.11 Å². The van der Waals surface area contributed by atoms with Crippen LogP contribution in [0.1, 0.15) is 20.3 Å². The first kappa shape index (κ1) is 16.5. The number of ether oxygens (including phenoxy) is 1. The molecule has 0 aliphatic heterocycles. The number of phosphoric acid groups is 1. The van der Waals surface area contributed by atoms with Crippen molar-refractivity contribution >= 4 is 13.8 Å². The first-order chi connectivity index (χ1) is 7.75. The largest absolute Gasteiger partial charge is 0.469 e. The smallest absolute Gasteiger partial charge is 0.469 e. The summed E-state index contributed by atoms with van der Waals surface area (Å²) >= 11 is 0. The van der Waals surface area contributed by atoms with Gasteiger partial charge in [0, 0.05) is 13.1 Å². The summed E-state index contributed by atoms with van der Waals surface area (Å²) in [6.45, 7) is 4.12. The number of phosphoric ester groups is 1. The molecule has 7 nitrogen and oxygen atoms in total. The van der Waals surface area contributed by atoms with E-state index in [0.717, 1.165) is 0 Å². The van der Waals surface area contributed by atoms with E-state index in [0.29, 0.717) is 13.0 Å². The number of carbonyl (C=O) groups is 1. The molecule has 0 fully saturated rings. The number of methoxy groups -OCH3 is 1. The number of hydrogen-bond donors (Lipinski definition) is 3. The minimum atomic E-state index is -4.41. The summed E-state index contributed by atoms with van der Waals surface area (Å²) in [5.41, 5.74) is -0.642. The van der Waals surface area contributed by atoms with Crippen LogP contribution in [0.4, 0.5) is 0 Å². The van der Waals surface area contributed by atoms with E-state index in [4.69, 9.17) is 9.79 Å². The highest BCUT2D eigenvalue weighted by atomic mass is 31.2. The molecule has 0 aliphatic carbocycles. The van der Waals surface area contributed by atoms with Crippen LogP contribution < -0.4 is 5.32 Å². The first-order valence-electron chi connectivity index (χ1n) is 5.24. The molecule has 0 aromatic heterocycles. The lowest BCUT2D eigenvalue weighted by atomic mass is 9.87. The minimum Gasteiger partial charge on any atom is -0.469 e. The molecule has 102 valence electrons. The normalized spacial score (nSPS) is 15.4. The molecule has 17 heavy (non-hydrogen) atoms. The van der Waals surface area contributed by atoms with Crippen LogP contribution in [0, 0.1) is 5.41 Å². The van der Waals surface area contributed by atoms with Gasteiger partial charge in [0.05, 0.1) is 19.1 Å². The standard InChI is InChI=1S/C9H20NO6P/c1-4-9(2,8(11)15-3)7-10-5-6-16-17(12,13)14/h10H,4-7H2,1-3H3,(H2,12,13,14). The molecule has 0 saturated heterocycles. The Bertz CT molecular complexity index is 291. The highest BCUT2D eigenvalue weighted by Gasteiger charge is 2.31. The molecule has 3 N–H and O–H groups in total. The third kappa shape index (κ3) is 6.75. The Morgan fingerprint density at radius 1 is 1.47 bits per heavy atom. The van der Waals surface area contributed by atoms with E-state index in [1.807, 2.05) is 6.92 Å². The van der Waals surface area contributed by atoms with E-state index in [2.05, 4.69) is 14.6 Å². The Morgan fingerprint density at radius 3 is 2.47 bits per heavy atom. The maximum atomic E-state index is 11.5. The summed E-state index contributed by atoms with van der Waals surface area (Å²) in [6, 6.07) is 0. The molecule has 0 spiro atoms. The molecule has 1 atom stereocenters. The van der Waals surface area contributed by atoms with Crippen molar-refractivity contribution in [3.8, 4) is 0 Å². The van der Waals surface area contributed by atoms with Gasteiger partial charge in [0.25, 0.3) is 0 Å². The van der Waals surface area contributed by atoms with Crippen molar-refractivity contribution in [1.29, 1.82) is 0 Å². The summed E-state index contributed by atoms with van der Waals surface area (Å²) in [6.07, 6.45) is 0.603. The molecule has 1 unspecified atom stereocenters. The lowest BCUT2D eigenvalue weighted by molar-refractivity contribution is -0.151. The topological polar surface area (TPSA) is 105 Å². The van der Waals surface area contributed by atoms with E-state index in [1.54, 1.807) is 6.92 Å². The molecule has 0 aromatic rings. The van der Waals surface area contributed by atoms with Crippen molar-refractivity contribution in [2.24, 2.45) is 5.41 Å². The van der Waals surface area contributed by atoms with Crippen molar-refractivity contribution < 1.29 is 28.4 Å². The van der Waals surface area contributed by atoms with Crippen LogP contribution in [0.2, 0.25) is 0 Å². The van der Waals surface area contributed by atoms with Gasteiger partial charge in [-0.3, -0.25) is 9.32 Å². The third-order valence-electron chi connectivity index (χ3n) is 2.51. The molecule has 0 aromatic carbocycles. The molecule has 8 heteroatoms. The quantitative estimate of drug-likeness (QED) is 0.330. The lowest BCUT2D eigenvalue weighted by Crippen LogP contribution is -2.40. The van der Waals surface area contributed by atoms with Gasteiger partial charge < -0.3 is 19.8 Å². The maximum Gasteiger partial charge on any atom is 0.469 e. The fourth-order valence-corrected chi connectivity index (χ4v) is 1.52. The van der Waals surface area contributed by atoms with Crippen molar-refractivity contribution in [3.63, 3.8) is 0 Å². The van der Waals surface area contributed by atoms with Gasteiger partial charge in [-0.05, 0) is 13.3 Å². The average Bonchev–Trinajstić information content (AvgIpc) is 2.25. The molecule has 0 rings (SSSR count). The molecule has 0 radical (unpaired) electrons. The van der Waals surface area contributed by atoms with Gasteiger partial charge in [-0.1, -0.05) is 6.92 Å². The van der Waals surface area contributed by atoms with Gasteiger partial charge in [-0.15, -0.1) is 0 Å². The van der Waals surface area contributed by atoms with Gasteiger partial charge in [0.1, 0.15) is 0 Å². The zero-order valence-electron chi connectivity index (χ0n) is 10.3. The maximum absolute atomic E-state index is 11.5. The van der Waals surface area contributed by atoms with Crippen LogP contribution >= 0.6 is 7.82 Å². The molecule has 0 aliphatic rings. The van der Waals surface area contributed by atoms with Gasteiger partial charge in [-0.2, -0.15) is 0 Å². The van der Waals surface area contributed by atoms with E-state index in [-0.39, 0.29) is 19.1 Å². The van der Waals surface area contributed by atoms with Crippen molar-refractivity contribution in [3.05, 3.63) is 0 Å². The van der Waals surface area contributed by atoms with Crippen molar-refractivity contribution in [2.75, 3.05) is 26.8 Å². The number of hydrogen-bond acceptors (Lipinski definition) is 5. The summed E-state index contributed by atoms with van der Waals surface area (Å²) in [5, 5.41) is 2.90. The van der Waals surface area contributed by atoms with Gasteiger partial charge in [-0.25, -0.2) is 4.57 Å². The average molecular weight is 269 g/mol. The number of esters is 1. The second-order valence-corrected chi connectivity index (χ2v) is 5.15. The van der Waals surface area contributed by atoms with Crippen LogP contribution in [0.3, 0.4) is 0 Å². The Labute approximate surface area is 101 Å². The monoisotopic (exact) mass is 269 g/mol. The predicted molar refractivity (Wildman–Crippen MR) is 61.3 cm³/mol. The Balaban J connectivity index is 3.93. The third-order valence-corrected chi connectivity index (χ3v) is 3.03. The van der Waals surface area contributed by atoms with Crippen LogP contribution in [-0.4, -0.2) is 42.6 Å². The summed E-state index contributed by atoms with van der Waals surface area (Å²) in [7, 11) is -3.08.